The fraction of sp³-hybridized carbons (Fsp3) is 1.00. The number of unbranched alkanes of at least 4 members (excludes halogenated alkanes) is 1. The maximum atomic E-state index is 5.77. The molecule has 1 aliphatic carbocycles. The molecule has 0 heterocycles. The van der Waals surface area contributed by atoms with Gasteiger partial charge in [-0.05, 0) is 25.2 Å². The van der Waals surface area contributed by atoms with Crippen molar-refractivity contribution in [3.8, 4) is 0 Å². The van der Waals surface area contributed by atoms with Crippen molar-refractivity contribution >= 4 is 0 Å². The zero-order chi connectivity index (χ0) is 12.5. The van der Waals surface area contributed by atoms with Crippen molar-refractivity contribution in [2.45, 2.75) is 71.3 Å². The Kier molecular flexibility index (Phi) is 7.87. The van der Waals surface area contributed by atoms with Crippen LogP contribution in [0.15, 0.2) is 0 Å². The van der Waals surface area contributed by atoms with Crippen LogP contribution in [0, 0.1) is 5.92 Å². The van der Waals surface area contributed by atoms with Crippen LogP contribution in [0.2, 0.25) is 0 Å². The molecule has 17 heavy (non-hydrogen) atoms. The molecule has 1 rings (SSSR count). The third-order valence-electron chi connectivity index (χ3n) is 4.29. The minimum atomic E-state index is 0.820. The van der Waals surface area contributed by atoms with E-state index in [1.165, 1.54) is 57.9 Å². The number of nitrogens with zero attached hydrogens (tertiary/aromatic N) is 1. The Hall–Kier alpha value is -0.0800. The van der Waals surface area contributed by atoms with Crippen LogP contribution in [0.5, 0.6) is 0 Å². The highest BCUT2D eigenvalue weighted by molar-refractivity contribution is 4.79. The quantitative estimate of drug-likeness (QED) is 0.669. The van der Waals surface area contributed by atoms with Gasteiger partial charge in [-0.3, -0.25) is 4.90 Å². The molecule has 0 aromatic heterocycles. The molecule has 0 spiro atoms. The van der Waals surface area contributed by atoms with Crippen LogP contribution in [0.1, 0.15) is 65.2 Å². The van der Waals surface area contributed by atoms with E-state index in [4.69, 9.17) is 5.73 Å². The van der Waals surface area contributed by atoms with Crippen molar-refractivity contribution in [1.82, 2.24) is 4.90 Å². The fourth-order valence-corrected chi connectivity index (χ4v) is 3.11. The zero-order valence-corrected chi connectivity index (χ0v) is 12.0. The lowest BCUT2D eigenvalue weighted by molar-refractivity contribution is 0.165. The first-order chi connectivity index (χ1) is 8.31. The summed E-state index contributed by atoms with van der Waals surface area (Å²) in [5.74, 6) is 0.891. The molecule has 2 N–H and O–H groups in total. The lowest BCUT2D eigenvalue weighted by Crippen LogP contribution is -2.40. The second-order valence-electron chi connectivity index (χ2n) is 5.64. The second kappa shape index (κ2) is 8.93. The maximum Gasteiger partial charge on any atom is 0.0108 e. The molecular weight excluding hydrogens is 208 g/mol. The molecule has 2 heteroatoms. The molecular formula is C15H32N2. The Balaban J connectivity index is 2.39. The van der Waals surface area contributed by atoms with E-state index in [1.807, 2.05) is 0 Å². The van der Waals surface area contributed by atoms with Crippen molar-refractivity contribution in [2.75, 3.05) is 19.6 Å². The standard InChI is InChI=1S/C15H32N2/c1-3-5-8-14(4-2)13-17(12-11-16)15-9-6-7-10-15/h14-15H,3-13,16H2,1-2H3. The molecule has 1 atom stereocenters. The average Bonchev–Trinajstić information content (AvgIpc) is 2.87. The van der Waals surface area contributed by atoms with Gasteiger partial charge in [0, 0.05) is 25.7 Å². The molecule has 1 unspecified atom stereocenters. The van der Waals surface area contributed by atoms with E-state index in [-0.39, 0.29) is 0 Å². The summed E-state index contributed by atoms with van der Waals surface area (Å²) in [6, 6.07) is 0.842. The van der Waals surface area contributed by atoms with E-state index in [0.29, 0.717) is 0 Å². The molecule has 1 fully saturated rings. The van der Waals surface area contributed by atoms with Gasteiger partial charge < -0.3 is 5.73 Å². The van der Waals surface area contributed by atoms with Crippen LogP contribution < -0.4 is 5.73 Å². The molecule has 0 saturated heterocycles. The maximum absolute atomic E-state index is 5.77. The van der Waals surface area contributed by atoms with Gasteiger partial charge in [-0.2, -0.15) is 0 Å². The predicted molar refractivity (Wildman–Crippen MR) is 76.2 cm³/mol. The third-order valence-corrected chi connectivity index (χ3v) is 4.29. The summed E-state index contributed by atoms with van der Waals surface area (Å²) in [4.78, 5) is 2.69. The van der Waals surface area contributed by atoms with Gasteiger partial charge in [0.25, 0.3) is 0 Å². The highest BCUT2D eigenvalue weighted by Gasteiger charge is 2.23. The smallest absolute Gasteiger partial charge is 0.0108 e. The van der Waals surface area contributed by atoms with E-state index >= 15 is 0 Å². The van der Waals surface area contributed by atoms with Crippen LogP contribution in [0.25, 0.3) is 0 Å². The van der Waals surface area contributed by atoms with Crippen LogP contribution in [0.3, 0.4) is 0 Å². The fourth-order valence-electron chi connectivity index (χ4n) is 3.11. The first-order valence-corrected chi connectivity index (χ1v) is 7.75. The largest absolute Gasteiger partial charge is 0.329 e. The minimum absolute atomic E-state index is 0.820. The van der Waals surface area contributed by atoms with Crippen molar-refractivity contribution in [2.24, 2.45) is 11.7 Å². The zero-order valence-electron chi connectivity index (χ0n) is 12.0. The summed E-state index contributed by atoms with van der Waals surface area (Å²) in [6.07, 6.45) is 11.1. The molecule has 0 bridgehead atoms. The summed E-state index contributed by atoms with van der Waals surface area (Å²) in [5.41, 5.74) is 5.77. The molecule has 2 nitrogen and oxygen atoms in total. The third kappa shape index (κ3) is 5.39. The highest BCUT2D eigenvalue weighted by Crippen LogP contribution is 2.25. The van der Waals surface area contributed by atoms with Crippen LogP contribution in [0.4, 0.5) is 0 Å². The lowest BCUT2D eigenvalue weighted by atomic mass is 9.97. The van der Waals surface area contributed by atoms with E-state index in [2.05, 4.69) is 18.7 Å². The summed E-state index contributed by atoms with van der Waals surface area (Å²) >= 11 is 0. The molecule has 0 radical (unpaired) electrons. The van der Waals surface area contributed by atoms with Gasteiger partial charge in [-0.25, -0.2) is 0 Å². The Morgan fingerprint density at radius 1 is 1.24 bits per heavy atom. The summed E-state index contributed by atoms with van der Waals surface area (Å²) < 4.78 is 0. The Morgan fingerprint density at radius 3 is 2.47 bits per heavy atom. The van der Waals surface area contributed by atoms with Gasteiger partial charge in [0.2, 0.25) is 0 Å². The van der Waals surface area contributed by atoms with Crippen LogP contribution in [-0.2, 0) is 0 Å². The normalized spacial score (nSPS) is 19.1. The summed E-state index contributed by atoms with van der Waals surface area (Å²) in [6.45, 7) is 7.85. The second-order valence-corrected chi connectivity index (χ2v) is 5.64. The van der Waals surface area contributed by atoms with Gasteiger partial charge in [-0.15, -0.1) is 0 Å². The average molecular weight is 240 g/mol. The van der Waals surface area contributed by atoms with Crippen molar-refractivity contribution in [1.29, 1.82) is 0 Å². The summed E-state index contributed by atoms with van der Waals surface area (Å²) in [5, 5.41) is 0. The molecule has 1 saturated carbocycles. The van der Waals surface area contributed by atoms with Crippen molar-refractivity contribution in [3.63, 3.8) is 0 Å². The van der Waals surface area contributed by atoms with Crippen molar-refractivity contribution < 1.29 is 0 Å². The van der Waals surface area contributed by atoms with Gasteiger partial charge in [0.05, 0.1) is 0 Å². The first-order valence-electron chi connectivity index (χ1n) is 7.75. The Bertz CT molecular complexity index is 176. The molecule has 0 amide bonds. The molecule has 102 valence electrons. The predicted octanol–water partition coefficient (Wildman–Crippen LogP) is 3.41. The number of hydrogen-bond acceptors (Lipinski definition) is 2. The monoisotopic (exact) mass is 240 g/mol. The van der Waals surface area contributed by atoms with E-state index in [0.717, 1.165) is 25.0 Å². The molecule has 0 aromatic rings. The van der Waals surface area contributed by atoms with E-state index < -0.39 is 0 Å². The molecule has 1 aliphatic rings. The Morgan fingerprint density at radius 2 is 1.94 bits per heavy atom. The van der Waals surface area contributed by atoms with Gasteiger partial charge in [0.1, 0.15) is 0 Å². The van der Waals surface area contributed by atoms with Gasteiger partial charge in [-0.1, -0.05) is 46.0 Å². The molecule has 0 aromatic carbocycles. The summed E-state index contributed by atoms with van der Waals surface area (Å²) in [7, 11) is 0. The number of rotatable bonds is 9. The topological polar surface area (TPSA) is 29.3 Å². The Labute approximate surface area is 108 Å². The van der Waals surface area contributed by atoms with Gasteiger partial charge >= 0.3 is 0 Å². The van der Waals surface area contributed by atoms with Crippen LogP contribution >= 0.6 is 0 Å². The minimum Gasteiger partial charge on any atom is -0.329 e. The highest BCUT2D eigenvalue weighted by atomic mass is 15.2. The van der Waals surface area contributed by atoms with Crippen LogP contribution in [-0.4, -0.2) is 30.6 Å². The molecule has 0 aliphatic heterocycles. The number of nitrogens with two attached hydrogens (primary N) is 1. The van der Waals surface area contributed by atoms with E-state index in [1.54, 1.807) is 0 Å². The van der Waals surface area contributed by atoms with Gasteiger partial charge in [0.15, 0.2) is 0 Å². The van der Waals surface area contributed by atoms with Crippen molar-refractivity contribution in [3.05, 3.63) is 0 Å². The number of hydrogen-bond donors (Lipinski definition) is 1. The first kappa shape index (κ1) is 15.0. The lowest BCUT2D eigenvalue weighted by Gasteiger charge is -2.32. The SMILES string of the molecule is CCCCC(CC)CN(CCN)C1CCCC1. The van der Waals surface area contributed by atoms with E-state index in [9.17, 15) is 0 Å².